The molecule has 1 aromatic carbocycles. The fourth-order valence-corrected chi connectivity index (χ4v) is 3.12. The first-order valence-corrected chi connectivity index (χ1v) is 8.44. The van der Waals surface area contributed by atoms with Gasteiger partial charge in [-0.15, -0.1) is 0 Å². The largest absolute Gasteiger partial charge is 0.395 e. The highest BCUT2D eigenvalue weighted by Gasteiger charge is 2.14. The van der Waals surface area contributed by atoms with E-state index in [0.717, 1.165) is 5.69 Å². The SMILES string of the molecule is CC(Nc1cnn(CC(=O)NCCO)c1)c1ccc2c(c1)CCC2. The number of benzene rings is 1. The number of aryl methyl sites for hydroxylation is 2. The van der Waals surface area contributed by atoms with Crippen LogP contribution in [0.1, 0.15) is 36.1 Å². The summed E-state index contributed by atoms with van der Waals surface area (Å²) < 4.78 is 1.59. The molecule has 0 bridgehead atoms. The normalized spacial score (nSPS) is 14.2. The number of aliphatic hydroxyl groups excluding tert-OH is 1. The summed E-state index contributed by atoms with van der Waals surface area (Å²) in [4.78, 5) is 11.6. The molecule has 6 nitrogen and oxygen atoms in total. The van der Waals surface area contributed by atoms with E-state index in [4.69, 9.17) is 5.11 Å². The van der Waals surface area contributed by atoms with E-state index < -0.39 is 0 Å². The van der Waals surface area contributed by atoms with E-state index in [1.165, 1.54) is 36.0 Å². The lowest BCUT2D eigenvalue weighted by atomic mass is 10.0. The van der Waals surface area contributed by atoms with Gasteiger partial charge in [0.15, 0.2) is 0 Å². The van der Waals surface area contributed by atoms with E-state index in [-0.39, 0.29) is 31.6 Å². The summed E-state index contributed by atoms with van der Waals surface area (Å²) >= 11 is 0. The third-order valence-electron chi connectivity index (χ3n) is 4.38. The fourth-order valence-electron chi connectivity index (χ4n) is 3.12. The first-order chi connectivity index (χ1) is 11.7. The van der Waals surface area contributed by atoms with E-state index in [1.54, 1.807) is 10.9 Å². The van der Waals surface area contributed by atoms with Crippen molar-refractivity contribution in [3.05, 3.63) is 47.3 Å². The van der Waals surface area contributed by atoms with Crippen LogP contribution in [0.25, 0.3) is 0 Å². The molecule has 1 aliphatic rings. The Balaban J connectivity index is 1.59. The summed E-state index contributed by atoms with van der Waals surface area (Å²) in [7, 11) is 0. The number of hydrogen-bond donors (Lipinski definition) is 3. The molecule has 0 fully saturated rings. The molecule has 0 saturated heterocycles. The topological polar surface area (TPSA) is 79.2 Å². The third kappa shape index (κ3) is 3.94. The van der Waals surface area contributed by atoms with Crippen LogP contribution in [0.4, 0.5) is 5.69 Å². The van der Waals surface area contributed by atoms with Crippen molar-refractivity contribution in [3.8, 4) is 0 Å². The Bertz CT molecular complexity index is 711. The van der Waals surface area contributed by atoms with Crippen molar-refractivity contribution in [2.45, 2.75) is 38.8 Å². The van der Waals surface area contributed by atoms with Crippen molar-refractivity contribution in [1.29, 1.82) is 0 Å². The lowest BCUT2D eigenvalue weighted by Gasteiger charge is -2.15. The number of anilines is 1. The molecule has 6 heteroatoms. The Morgan fingerprint density at radius 2 is 2.21 bits per heavy atom. The molecule has 0 aliphatic heterocycles. The standard InChI is InChI=1S/C18H24N4O2/c1-13(15-6-5-14-3-2-4-16(14)9-15)21-17-10-20-22(11-17)12-18(24)19-7-8-23/h5-6,9-11,13,21,23H,2-4,7-8,12H2,1H3,(H,19,24). The Hall–Kier alpha value is -2.34. The van der Waals surface area contributed by atoms with Crippen LogP contribution in [0, 0.1) is 0 Å². The highest BCUT2D eigenvalue weighted by atomic mass is 16.3. The molecule has 1 aliphatic carbocycles. The van der Waals surface area contributed by atoms with Gasteiger partial charge in [-0.05, 0) is 42.9 Å². The monoisotopic (exact) mass is 328 g/mol. The van der Waals surface area contributed by atoms with E-state index in [9.17, 15) is 4.79 Å². The lowest BCUT2D eigenvalue weighted by Crippen LogP contribution is -2.30. The van der Waals surface area contributed by atoms with Crippen molar-refractivity contribution < 1.29 is 9.90 Å². The molecule has 1 aromatic heterocycles. The molecule has 0 radical (unpaired) electrons. The predicted octanol–water partition coefficient (Wildman–Crippen LogP) is 1.65. The number of nitrogens with one attached hydrogen (secondary N) is 2. The molecule has 0 spiro atoms. The predicted molar refractivity (Wildman–Crippen MR) is 92.8 cm³/mol. The average molecular weight is 328 g/mol. The summed E-state index contributed by atoms with van der Waals surface area (Å²) in [5.74, 6) is -0.162. The number of carbonyl (C=O) groups excluding carboxylic acids is 1. The van der Waals surface area contributed by atoms with Crippen LogP contribution in [-0.4, -0.2) is 33.9 Å². The lowest BCUT2D eigenvalue weighted by molar-refractivity contribution is -0.122. The van der Waals surface area contributed by atoms with Crippen molar-refractivity contribution in [2.75, 3.05) is 18.5 Å². The number of carbonyl (C=O) groups is 1. The second kappa shape index (κ2) is 7.49. The summed E-state index contributed by atoms with van der Waals surface area (Å²) in [5, 5.41) is 18.9. The highest BCUT2D eigenvalue weighted by Crippen LogP contribution is 2.26. The third-order valence-corrected chi connectivity index (χ3v) is 4.38. The first kappa shape index (κ1) is 16.5. The Morgan fingerprint density at radius 3 is 3.04 bits per heavy atom. The minimum atomic E-state index is -0.162. The summed E-state index contributed by atoms with van der Waals surface area (Å²) in [5.41, 5.74) is 5.10. The number of nitrogens with zero attached hydrogens (tertiary/aromatic N) is 2. The number of aromatic nitrogens is 2. The van der Waals surface area contributed by atoms with Crippen molar-refractivity contribution in [3.63, 3.8) is 0 Å². The fraction of sp³-hybridized carbons (Fsp3) is 0.444. The molecular weight excluding hydrogens is 304 g/mol. The van der Waals surface area contributed by atoms with Gasteiger partial charge in [-0.25, -0.2) is 0 Å². The Morgan fingerprint density at radius 1 is 1.38 bits per heavy atom. The zero-order valence-electron chi connectivity index (χ0n) is 14.0. The second-order valence-corrected chi connectivity index (χ2v) is 6.25. The van der Waals surface area contributed by atoms with E-state index in [0.29, 0.717) is 0 Å². The van der Waals surface area contributed by atoms with Crippen LogP contribution in [-0.2, 0) is 24.2 Å². The molecule has 1 atom stereocenters. The van der Waals surface area contributed by atoms with Crippen LogP contribution in [0.2, 0.25) is 0 Å². The quantitative estimate of drug-likeness (QED) is 0.722. The number of amides is 1. The molecule has 0 saturated carbocycles. The van der Waals surface area contributed by atoms with E-state index >= 15 is 0 Å². The molecule has 1 unspecified atom stereocenters. The van der Waals surface area contributed by atoms with Crippen molar-refractivity contribution in [2.24, 2.45) is 0 Å². The van der Waals surface area contributed by atoms with Gasteiger partial charge in [0.1, 0.15) is 6.54 Å². The van der Waals surface area contributed by atoms with Crippen LogP contribution in [0.15, 0.2) is 30.6 Å². The first-order valence-electron chi connectivity index (χ1n) is 8.44. The Kier molecular flexibility index (Phi) is 5.15. The van der Waals surface area contributed by atoms with E-state index in [2.05, 4.69) is 40.9 Å². The zero-order valence-corrected chi connectivity index (χ0v) is 14.0. The molecular formula is C18H24N4O2. The second-order valence-electron chi connectivity index (χ2n) is 6.25. The van der Waals surface area contributed by atoms with Gasteiger partial charge in [0, 0.05) is 18.8 Å². The van der Waals surface area contributed by atoms with Crippen molar-refractivity contribution >= 4 is 11.6 Å². The van der Waals surface area contributed by atoms with Gasteiger partial charge in [0.05, 0.1) is 18.5 Å². The average Bonchev–Trinajstić information content (AvgIpc) is 3.21. The molecule has 128 valence electrons. The van der Waals surface area contributed by atoms with Gasteiger partial charge in [-0.3, -0.25) is 9.48 Å². The maximum absolute atomic E-state index is 11.6. The molecule has 24 heavy (non-hydrogen) atoms. The molecule has 3 rings (SSSR count). The number of fused-ring (bicyclic) bond motifs is 1. The molecule has 1 heterocycles. The Labute approximate surface area is 141 Å². The molecule has 1 amide bonds. The van der Waals surface area contributed by atoms with Crippen LogP contribution < -0.4 is 10.6 Å². The van der Waals surface area contributed by atoms with Gasteiger partial charge < -0.3 is 15.7 Å². The smallest absolute Gasteiger partial charge is 0.241 e. The van der Waals surface area contributed by atoms with Crippen molar-refractivity contribution in [1.82, 2.24) is 15.1 Å². The van der Waals surface area contributed by atoms with Crippen LogP contribution in [0.3, 0.4) is 0 Å². The van der Waals surface area contributed by atoms with Gasteiger partial charge in [-0.1, -0.05) is 18.2 Å². The number of aliphatic hydroxyl groups is 1. The molecule has 2 aromatic rings. The summed E-state index contributed by atoms with van der Waals surface area (Å²) in [6.45, 7) is 2.48. The highest BCUT2D eigenvalue weighted by molar-refractivity contribution is 5.75. The maximum Gasteiger partial charge on any atom is 0.241 e. The minimum absolute atomic E-state index is 0.0596. The number of hydrogen-bond acceptors (Lipinski definition) is 4. The zero-order chi connectivity index (χ0) is 16.9. The van der Waals surface area contributed by atoms with Gasteiger partial charge >= 0.3 is 0 Å². The van der Waals surface area contributed by atoms with Crippen LogP contribution >= 0.6 is 0 Å². The maximum atomic E-state index is 11.6. The van der Waals surface area contributed by atoms with Gasteiger partial charge in [0.2, 0.25) is 5.91 Å². The van der Waals surface area contributed by atoms with Gasteiger partial charge in [-0.2, -0.15) is 5.10 Å². The van der Waals surface area contributed by atoms with Gasteiger partial charge in [0.25, 0.3) is 0 Å². The van der Waals surface area contributed by atoms with E-state index in [1.807, 2.05) is 6.20 Å². The molecule has 3 N–H and O–H groups in total. The minimum Gasteiger partial charge on any atom is -0.395 e. The summed E-state index contributed by atoms with van der Waals surface area (Å²) in [6.07, 6.45) is 7.18. The summed E-state index contributed by atoms with van der Waals surface area (Å²) in [6, 6.07) is 6.91. The van der Waals surface area contributed by atoms with Crippen LogP contribution in [0.5, 0.6) is 0 Å². The number of rotatable bonds is 7.